The van der Waals surface area contributed by atoms with E-state index in [1.807, 2.05) is 28.6 Å². The predicted molar refractivity (Wildman–Crippen MR) is 109 cm³/mol. The molecule has 168 valence electrons. The summed E-state index contributed by atoms with van der Waals surface area (Å²) in [5.74, 6) is 0. The summed E-state index contributed by atoms with van der Waals surface area (Å²) in [6, 6.07) is 6.23. The Labute approximate surface area is 183 Å². The molecule has 0 N–H and O–H groups in total. The van der Waals surface area contributed by atoms with Crippen LogP contribution in [0, 0.1) is 0 Å². The Morgan fingerprint density at radius 3 is 2.47 bits per heavy atom. The Kier molecular flexibility index (Phi) is 5.70. The summed E-state index contributed by atoms with van der Waals surface area (Å²) in [5, 5.41) is 5.89. The van der Waals surface area contributed by atoms with Crippen molar-refractivity contribution >= 4 is 17.4 Å². The number of pyridine rings is 1. The number of benzene rings is 1. The second-order valence-corrected chi connectivity index (χ2v) is 8.08. The van der Waals surface area contributed by atoms with Gasteiger partial charge in [-0.15, -0.1) is 11.8 Å². The van der Waals surface area contributed by atoms with Gasteiger partial charge in [0.1, 0.15) is 5.37 Å². The molecule has 1 unspecified atom stereocenters. The van der Waals surface area contributed by atoms with Crippen molar-refractivity contribution in [1.82, 2.24) is 14.8 Å². The lowest BCUT2D eigenvalue weighted by atomic mass is 9.98. The number of halogens is 6. The van der Waals surface area contributed by atoms with Gasteiger partial charge in [0.25, 0.3) is 0 Å². The summed E-state index contributed by atoms with van der Waals surface area (Å²) in [6.07, 6.45) is -3.27. The molecule has 2 aromatic heterocycles. The number of hydrogen-bond acceptors (Lipinski definition) is 4. The monoisotopic (exact) mass is 470 g/mol. The van der Waals surface area contributed by atoms with Gasteiger partial charge in [-0.05, 0) is 42.2 Å². The van der Waals surface area contributed by atoms with Crippen LogP contribution in [-0.2, 0) is 12.4 Å². The standard InChI is InChI=1S/C21H16F6N4S/c1-13(16-6-5-14(20(22,23)24)10-17(16)21(25,26)27)31-12-15(11-29-31)30-8-9-32-19(30)18-4-2-3-7-28-18/h2-13,19H,1H3/t13?,19-/m1/s1. The molecule has 1 aliphatic heterocycles. The van der Waals surface area contributed by atoms with E-state index in [1.54, 1.807) is 18.5 Å². The molecule has 0 saturated heterocycles. The van der Waals surface area contributed by atoms with Crippen molar-refractivity contribution in [1.29, 1.82) is 0 Å². The number of hydrogen-bond donors (Lipinski definition) is 0. The summed E-state index contributed by atoms with van der Waals surface area (Å²) in [4.78, 5) is 6.22. The van der Waals surface area contributed by atoms with E-state index < -0.39 is 29.5 Å². The van der Waals surface area contributed by atoms with Gasteiger partial charge >= 0.3 is 12.4 Å². The minimum Gasteiger partial charge on any atom is -0.326 e. The van der Waals surface area contributed by atoms with Crippen LogP contribution in [0.1, 0.15) is 40.7 Å². The lowest BCUT2D eigenvalue weighted by Gasteiger charge is -2.23. The summed E-state index contributed by atoms with van der Waals surface area (Å²) >= 11 is 1.51. The average molecular weight is 470 g/mol. The second-order valence-electron chi connectivity index (χ2n) is 7.09. The molecule has 4 nitrogen and oxygen atoms in total. The maximum absolute atomic E-state index is 13.6. The van der Waals surface area contributed by atoms with Gasteiger partial charge in [-0.1, -0.05) is 12.1 Å². The van der Waals surface area contributed by atoms with Crippen LogP contribution in [-0.4, -0.2) is 14.8 Å². The van der Waals surface area contributed by atoms with Crippen LogP contribution in [0.5, 0.6) is 0 Å². The van der Waals surface area contributed by atoms with Gasteiger partial charge in [-0.3, -0.25) is 9.67 Å². The van der Waals surface area contributed by atoms with Crippen LogP contribution in [0.15, 0.2) is 66.6 Å². The van der Waals surface area contributed by atoms with Crippen LogP contribution in [0.2, 0.25) is 0 Å². The highest BCUT2D eigenvalue weighted by Gasteiger charge is 2.39. The van der Waals surface area contributed by atoms with Crippen LogP contribution in [0.3, 0.4) is 0 Å². The average Bonchev–Trinajstić information content (AvgIpc) is 3.41. The molecule has 1 aliphatic rings. The highest BCUT2D eigenvalue weighted by molar-refractivity contribution is 8.02. The first kappa shape index (κ1) is 22.3. The third-order valence-electron chi connectivity index (χ3n) is 5.04. The number of nitrogens with zero attached hydrogens (tertiary/aromatic N) is 4. The molecule has 32 heavy (non-hydrogen) atoms. The molecule has 1 aromatic carbocycles. The SMILES string of the molecule is CC(c1ccc(C(F)(F)F)cc1C(F)(F)F)n1cc(N2C=CS[C@@H]2c2ccccn2)cn1. The number of anilines is 1. The molecule has 0 amide bonds. The topological polar surface area (TPSA) is 34.0 Å². The zero-order valence-corrected chi connectivity index (χ0v) is 17.3. The maximum Gasteiger partial charge on any atom is 0.416 e. The molecular weight excluding hydrogens is 454 g/mol. The first-order valence-electron chi connectivity index (χ1n) is 9.39. The summed E-state index contributed by atoms with van der Waals surface area (Å²) < 4.78 is 80.9. The predicted octanol–water partition coefficient (Wildman–Crippen LogP) is 6.65. The lowest BCUT2D eigenvalue weighted by Crippen LogP contribution is -2.18. The molecule has 0 spiro atoms. The van der Waals surface area contributed by atoms with Crippen LogP contribution < -0.4 is 4.90 Å². The van der Waals surface area contributed by atoms with Gasteiger partial charge in [-0.25, -0.2) is 0 Å². The Balaban J connectivity index is 1.66. The summed E-state index contributed by atoms with van der Waals surface area (Å²) in [6.45, 7) is 1.46. The zero-order valence-electron chi connectivity index (χ0n) is 16.5. The quantitative estimate of drug-likeness (QED) is 0.400. The normalized spacial score (nSPS) is 17.7. The van der Waals surface area contributed by atoms with Crippen molar-refractivity contribution in [3.63, 3.8) is 0 Å². The van der Waals surface area contributed by atoms with Crippen molar-refractivity contribution in [2.24, 2.45) is 0 Å². The summed E-state index contributed by atoms with van der Waals surface area (Å²) in [7, 11) is 0. The summed E-state index contributed by atoms with van der Waals surface area (Å²) in [5.41, 5.74) is -1.56. The molecule has 0 fully saturated rings. The fourth-order valence-electron chi connectivity index (χ4n) is 3.43. The van der Waals surface area contributed by atoms with E-state index in [0.717, 1.165) is 11.8 Å². The highest BCUT2D eigenvalue weighted by Crippen LogP contribution is 2.42. The van der Waals surface area contributed by atoms with E-state index in [2.05, 4.69) is 10.1 Å². The van der Waals surface area contributed by atoms with E-state index in [1.165, 1.54) is 29.6 Å². The van der Waals surface area contributed by atoms with Crippen LogP contribution in [0.4, 0.5) is 32.0 Å². The lowest BCUT2D eigenvalue weighted by molar-refractivity contribution is -0.143. The van der Waals surface area contributed by atoms with Crippen molar-refractivity contribution in [3.8, 4) is 0 Å². The first-order valence-corrected chi connectivity index (χ1v) is 10.3. The minimum absolute atomic E-state index is 0.146. The Morgan fingerprint density at radius 2 is 1.81 bits per heavy atom. The van der Waals surface area contributed by atoms with Crippen molar-refractivity contribution in [2.45, 2.75) is 30.7 Å². The van der Waals surface area contributed by atoms with Crippen LogP contribution in [0.25, 0.3) is 0 Å². The van der Waals surface area contributed by atoms with E-state index in [4.69, 9.17) is 0 Å². The fraction of sp³-hybridized carbons (Fsp3) is 0.238. The van der Waals surface area contributed by atoms with Crippen LogP contribution >= 0.6 is 11.8 Å². The third kappa shape index (κ3) is 4.34. The zero-order chi connectivity index (χ0) is 23.1. The minimum atomic E-state index is -4.95. The Bertz CT molecular complexity index is 1120. The third-order valence-corrected chi connectivity index (χ3v) is 6.05. The van der Waals surface area contributed by atoms with E-state index in [0.29, 0.717) is 11.8 Å². The molecule has 0 aliphatic carbocycles. The van der Waals surface area contributed by atoms with E-state index in [-0.39, 0.29) is 17.0 Å². The number of alkyl halides is 6. The molecule has 2 atom stereocenters. The Hall–Kier alpha value is -2.95. The fourth-order valence-corrected chi connectivity index (χ4v) is 4.38. The first-order chi connectivity index (χ1) is 15.1. The van der Waals surface area contributed by atoms with Crippen molar-refractivity contribution in [3.05, 3.63) is 89.0 Å². The maximum atomic E-state index is 13.6. The molecule has 0 bridgehead atoms. The largest absolute Gasteiger partial charge is 0.416 e. The van der Waals surface area contributed by atoms with Crippen molar-refractivity contribution < 1.29 is 26.3 Å². The van der Waals surface area contributed by atoms with E-state index in [9.17, 15) is 26.3 Å². The molecule has 11 heteroatoms. The van der Waals surface area contributed by atoms with Gasteiger partial charge in [0.05, 0.1) is 34.7 Å². The molecule has 0 saturated carbocycles. The van der Waals surface area contributed by atoms with Gasteiger partial charge in [-0.2, -0.15) is 31.4 Å². The van der Waals surface area contributed by atoms with Gasteiger partial charge in [0.2, 0.25) is 0 Å². The smallest absolute Gasteiger partial charge is 0.326 e. The molecule has 0 radical (unpaired) electrons. The van der Waals surface area contributed by atoms with E-state index >= 15 is 0 Å². The van der Waals surface area contributed by atoms with Gasteiger partial charge in [0, 0.05) is 18.6 Å². The molecular formula is C21H16F6N4S. The molecule has 4 rings (SSSR count). The van der Waals surface area contributed by atoms with Crippen molar-refractivity contribution in [2.75, 3.05) is 4.90 Å². The molecule has 3 heterocycles. The highest BCUT2D eigenvalue weighted by atomic mass is 32.2. The van der Waals surface area contributed by atoms with Gasteiger partial charge < -0.3 is 4.90 Å². The number of thioether (sulfide) groups is 1. The van der Waals surface area contributed by atoms with Gasteiger partial charge in [0.15, 0.2) is 0 Å². The Morgan fingerprint density at radius 1 is 1.03 bits per heavy atom. The molecule has 3 aromatic rings. The second kappa shape index (κ2) is 8.19. The number of rotatable bonds is 4. The number of aromatic nitrogens is 3.